The van der Waals surface area contributed by atoms with E-state index in [4.69, 9.17) is 19.7 Å². The summed E-state index contributed by atoms with van der Waals surface area (Å²) in [4.78, 5) is 0. The monoisotopic (exact) mass is 358 g/mol. The third-order valence-corrected chi connectivity index (χ3v) is 5.39. The summed E-state index contributed by atoms with van der Waals surface area (Å²) in [5.74, 6) is 0.858. The van der Waals surface area contributed by atoms with Crippen molar-refractivity contribution in [1.29, 1.82) is 0 Å². The van der Waals surface area contributed by atoms with Crippen LogP contribution in [0.15, 0.2) is 12.1 Å². The summed E-state index contributed by atoms with van der Waals surface area (Å²) < 4.78 is 16.1. The van der Waals surface area contributed by atoms with Gasteiger partial charge in [0.05, 0.1) is 42.9 Å². The first kappa shape index (κ1) is 17.6. The quantitative estimate of drug-likeness (QED) is 0.773. The van der Waals surface area contributed by atoms with Gasteiger partial charge in [0, 0.05) is 17.9 Å². The molecule has 2 aliphatic rings. The molecule has 6 heteroatoms. The van der Waals surface area contributed by atoms with Crippen molar-refractivity contribution in [2.24, 2.45) is 5.41 Å². The maximum Gasteiger partial charge on any atom is 0.212 e. The normalized spacial score (nSPS) is 23.3. The van der Waals surface area contributed by atoms with E-state index < -0.39 is 0 Å². The summed E-state index contributed by atoms with van der Waals surface area (Å²) in [6.07, 6.45) is 0.902. The Morgan fingerprint density at radius 2 is 1.85 bits per heavy atom. The Morgan fingerprint density at radius 3 is 2.54 bits per heavy atom. The number of rotatable bonds is 1. The molecule has 2 atom stereocenters. The van der Waals surface area contributed by atoms with E-state index in [-0.39, 0.29) is 16.9 Å². The van der Waals surface area contributed by atoms with E-state index in [0.717, 1.165) is 36.0 Å². The zero-order valence-corrected chi connectivity index (χ0v) is 16.7. The molecule has 0 saturated heterocycles. The largest absolute Gasteiger partial charge is 0.478 e. The average molecular weight is 358 g/mol. The smallest absolute Gasteiger partial charge is 0.212 e. The van der Waals surface area contributed by atoms with Crippen molar-refractivity contribution in [2.75, 3.05) is 6.61 Å². The minimum Gasteiger partial charge on any atom is -0.478 e. The number of aromatic nitrogens is 4. The topological polar surface area (TPSA) is 54.1 Å². The van der Waals surface area contributed by atoms with E-state index in [1.165, 1.54) is 0 Å². The predicted molar refractivity (Wildman–Crippen MR) is 99.3 cm³/mol. The summed E-state index contributed by atoms with van der Waals surface area (Å²) in [6.45, 7) is 15.4. The highest BCUT2D eigenvalue weighted by molar-refractivity contribution is 5.23. The van der Waals surface area contributed by atoms with Gasteiger partial charge in [0.2, 0.25) is 5.88 Å². The first-order chi connectivity index (χ1) is 12.1. The Kier molecular flexibility index (Phi) is 3.95. The van der Waals surface area contributed by atoms with Crippen molar-refractivity contribution < 1.29 is 9.47 Å². The molecule has 2 aromatic rings. The summed E-state index contributed by atoms with van der Waals surface area (Å²) in [6, 6.07) is 4.55. The molecule has 4 heterocycles. The van der Waals surface area contributed by atoms with E-state index >= 15 is 0 Å². The lowest BCUT2D eigenvalue weighted by Gasteiger charge is -2.34. The number of fused-ring (bicyclic) bond motifs is 2. The van der Waals surface area contributed by atoms with Gasteiger partial charge in [-0.25, -0.2) is 4.68 Å². The Hall–Kier alpha value is -1.82. The Balaban J connectivity index is 1.60. The number of hydrogen-bond donors (Lipinski definition) is 0. The predicted octanol–water partition coefficient (Wildman–Crippen LogP) is 4.02. The molecule has 0 fully saturated rings. The highest BCUT2D eigenvalue weighted by Gasteiger charge is 2.34. The molecule has 0 aromatic carbocycles. The Labute approximate surface area is 155 Å². The molecular weight excluding hydrogens is 328 g/mol. The van der Waals surface area contributed by atoms with Crippen molar-refractivity contribution in [3.8, 4) is 5.88 Å². The standard InChI is InChI=1S/C20H30N4O2/c1-19(2,3)16-9-13-12-26-15(11-23(13)22-16)14-10-18-24(21-14)17(7-8-25-18)20(4,5)6/h9-10,15,17H,7-8,11-12H2,1-6H3. The third-order valence-electron chi connectivity index (χ3n) is 5.39. The molecule has 0 radical (unpaired) electrons. The van der Waals surface area contributed by atoms with E-state index in [2.05, 4.69) is 57.0 Å². The third kappa shape index (κ3) is 3.04. The highest BCUT2D eigenvalue weighted by Crippen LogP contribution is 2.40. The van der Waals surface area contributed by atoms with Crippen LogP contribution < -0.4 is 4.74 Å². The molecular formula is C20H30N4O2. The van der Waals surface area contributed by atoms with Crippen molar-refractivity contribution in [3.05, 3.63) is 29.2 Å². The SMILES string of the molecule is CC(C)(C)c1cc2n(n1)CC(c1cc3n(n1)C(C(C)(C)C)CCO3)OC2. The second-order valence-corrected chi connectivity index (χ2v) is 9.62. The molecule has 0 N–H and O–H groups in total. The van der Waals surface area contributed by atoms with Gasteiger partial charge in [-0.1, -0.05) is 41.5 Å². The van der Waals surface area contributed by atoms with E-state index in [1.54, 1.807) is 0 Å². The van der Waals surface area contributed by atoms with Crippen LogP contribution in [-0.2, 0) is 23.3 Å². The first-order valence-corrected chi connectivity index (χ1v) is 9.54. The lowest BCUT2D eigenvalue weighted by atomic mass is 9.84. The van der Waals surface area contributed by atoms with E-state index in [0.29, 0.717) is 19.2 Å². The molecule has 2 unspecified atom stereocenters. The van der Waals surface area contributed by atoms with Crippen molar-refractivity contribution in [1.82, 2.24) is 19.6 Å². The number of hydrogen-bond acceptors (Lipinski definition) is 4. The fraction of sp³-hybridized carbons (Fsp3) is 0.700. The van der Waals surface area contributed by atoms with Gasteiger partial charge in [0.15, 0.2) is 0 Å². The van der Waals surface area contributed by atoms with Crippen molar-refractivity contribution in [3.63, 3.8) is 0 Å². The van der Waals surface area contributed by atoms with Gasteiger partial charge in [-0.3, -0.25) is 4.68 Å². The molecule has 0 bridgehead atoms. The summed E-state index contributed by atoms with van der Waals surface area (Å²) in [5, 5.41) is 9.68. The molecule has 0 aliphatic carbocycles. The summed E-state index contributed by atoms with van der Waals surface area (Å²) >= 11 is 0. The van der Waals surface area contributed by atoms with Gasteiger partial charge in [-0.15, -0.1) is 0 Å². The number of ether oxygens (including phenoxy) is 2. The van der Waals surface area contributed by atoms with Gasteiger partial charge < -0.3 is 9.47 Å². The van der Waals surface area contributed by atoms with Crippen LogP contribution in [0, 0.1) is 5.41 Å². The van der Waals surface area contributed by atoms with E-state index in [1.807, 2.05) is 6.07 Å². The highest BCUT2D eigenvalue weighted by atomic mass is 16.5. The molecule has 0 saturated carbocycles. The minimum atomic E-state index is -0.0856. The van der Waals surface area contributed by atoms with Gasteiger partial charge in [-0.05, 0) is 11.5 Å². The van der Waals surface area contributed by atoms with Crippen molar-refractivity contribution >= 4 is 0 Å². The second-order valence-electron chi connectivity index (χ2n) is 9.62. The van der Waals surface area contributed by atoms with Crippen LogP contribution in [0.1, 0.15) is 77.2 Å². The van der Waals surface area contributed by atoms with Gasteiger partial charge in [0.1, 0.15) is 6.10 Å². The second kappa shape index (κ2) is 5.84. The molecule has 0 amide bonds. The van der Waals surface area contributed by atoms with E-state index in [9.17, 15) is 0 Å². The van der Waals surface area contributed by atoms with Crippen LogP contribution in [0.3, 0.4) is 0 Å². The number of nitrogens with zero attached hydrogens (tertiary/aromatic N) is 4. The van der Waals surface area contributed by atoms with Crippen LogP contribution in [-0.4, -0.2) is 26.2 Å². The molecule has 26 heavy (non-hydrogen) atoms. The molecule has 2 aliphatic heterocycles. The molecule has 2 aromatic heterocycles. The van der Waals surface area contributed by atoms with Crippen LogP contribution in [0.5, 0.6) is 5.88 Å². The summed E-state index contributed by atoms with van der Waals surface area (Å²) in [5.41, 5.74) is 3.37. The lowest BCUT2D eigenvalue weighted by molar-refractivity contribution is -0.00455. The van der Waals surface area contributed by atoms with Crippen LogP contribution >= 0.6 is 0 Å². The van der Waals surface area contributed by atoms with Crippen molar-refractivity contribution in [2.45, 2.75) is 78.7 Å². The fourth-order valence-electron chi connectivity index (χ4n) is 3.75. The van der Waals surface area contributed by atoms with Gasteiger partial charge in [-0.2, -0.15) is 10.2 Å². The van der Waals surface area contributed by atoms with Crippen LogP contribution in [0.25, 0.3) is 0 Å². The average Bonchev–Trinajstić information content (AvgIpc) is 3.16. The molecule has 6 nitrogen and oxygen atoms in total. The first-order valence-electron chi connectivity index (χ1n) is 9.54. The maximum absolute atomic E-state index is 6.12. The van der Waals surface area contributed by atoms with Crippen LogP contribution in [0.2, 0.25) is 0 Å². The summed E-state index contributed by atoms with van der Waals surface area (Å²) in [7, 11) is 0. The fourth-order valence-corrected chi connectivity index (χ4v) is 3.75. The van der Waals surface area contributed by atoms with Gasteiger partial charge >= 0.3 is 0 Å². The Bertz CT molecular complexity index is 807. The minimum absolute atomic E-state index is 0.0428. The molecule has 0 spiro atoms. The lowest BCUT2D eigenvalue weighted by Crippen LogP contribution is -2.31. The van der Waals surface area contributed by atoms with Gasteiger partial charge in [0.25, 0.3) is 0 Å². The molecule has 142 valence electrons. The van der Waals surface area contributed by atoms with Crippen LogP contribution in [0.4, 0.5) is 0 Å². The molecule has 4 rings (SSSR count). The zero-order valence-electron chi connectivity index (χ0n) is 16.7. The zero-order chi connectivity index (χ0) is 18.7. The Morgan fingerprint density at radius 1 is 1.08 bits per heavy atom. The maximum atomic E-state index is 6.12.